The Kier molecular flexibility index (Phi) is 4.88. The minimum absolute atomic E-state index is 0.0143. The molecule has 1 atom stereocenters. The molecule has 1 aliphatic rings. The van der Waals surface area contributed by atoms with Gasteiger partial charge in [-0.25, -0.2) is 4.68 Å². The van der Waals surface area contributed by atoms with Crippen LogP contribution in [-0.2, 0) is 19.9 Å². The zero-order valence-electron chi connectivity index (χ0n) is 14.8. The molecule has 0 bridgehead atoms. The van der Waals surface area contributed by atoms with Crippen LogP contribution in [0.1, 0.15) is 41.9 Å². The fourth-order valence-electron chi connectivity index (χ4n) is 3.04. The summed E-state index contributed by atoms with van der Waals surface area (Å²) in [5, 5.41) is 7.35. The molecule has 6 nitrogen and oxygen atoms in total. The van der Waals surface area contributed by atoms with Crippen molar-refractivity contribution in [2.45, 2.75) is 45.3 Å². The quantitative estimate of drug-likeness (QED) is 0.921. The molecule has 6 heteroatoms. The highest BCUT2D eigenvalue weighted by molar-refractivity contribution is 5.94. The molecule has 1 unspecified atom stereocenters. The molecule has 2 aromatic rings. The molecule has 1 N–H and O–H groups in total. The third-order valence-corrected chi connectivity index (χ3v) is 4.28. The maximum Gasteiger partial charge on any atom is 0.266 e. The van der Waals surface area contributed by atoms with Gasteiger partial charge in [0.05, 0.1) is 11.8 Å². The van der Waals surface area contributed by atoms with E-state index < -0.39 is 0 Å². The van der Waals surface area contributed by atoms with E-state index in [1.165, 1.54) is 4.68 Å². The number of benzene rings is 1. The molecule has 0 saturated heterocycles. The lowest BCUT2D eigenvalue weighted by Gasteiger charge is -2.25. The van der Waals surface area contributed by atoms with E-state index in [9.17, 15) is 9.59 Å². The van der Waals surface area contributed by atoms with E-state index in [1.54, 1.807) is 37.4 Å². The van der Waals surface area contributed by atoms with Crippen molar-refractivity contribution in [3.05, 3.63) is 57.5 Å². The summed E-state index contributed by atoms with van der Waals surface area (Å²) >= 11 is 0. The number of amides is 1. The van der Waals surface area contributed by atoms with Crippen LogP contribution in [0.4, 0.5) is 0 Å². The number of fused-ring (bicyclic) bond motifs is 1. The number of rotatable bonds is 4. The molecule has 0 fully saturated rings. The summed E-state index contributed by atoms with van der Waals surface area (Å²) in [4.78, 5) is 24.2. The van der Waals surface area contributed by atoms with Crippen LogP contribution in [0.3, 0.4) is 0 Å². The first-order valence-corrected chi connectivity index (χ1v) is 8.56. The number of carbonyl (C=O) groups excluding carboxylic acids is 1. The van der Waals surface area contributed by atoms with Crippen LogP contribution in [0.15, 0.2) is 35.1 Å². The molecule has 132 valence electrons. The number of carbonyl (C=O) groups is 1. The lowest BCUT2D eigenvalue weighted by molar-refractivity contribution is 0.0933. The second-order valence-corrected chi connectivity index (χ2v) is 6.68. The van der Waals surface area contributed by atoms with Gasteiger partial charge >= 0.3 is 0 Å². The third-order valence-electron chi connectivity index (χ3n) is 4.28. The molecule has 1 heterocycles. The number of hydrogen-bond acceptors (Lipinski definition) is 4. The minimum atomic E-state index is -0.119. The topological polar surface area (TPSA) is 73.2 Å². The molecule has 0 aliphatic heterocycles. The van der Waals surface area contributed by atoms with Crippen LogP contribution >= 0.6 is 0 Å². The van der Waals surface area contributed by atoms with Crippen molar-refractivity contribution in [1.82, 2.24) is 15.1 Å². The Morgan fingerprint density at radius 2 is 2.04 bits per heavy atom. The molecule has 0 radical (unpaired) electrons. The van der Waals surface area contributed by atoms with E-state index in [0.29, 0.717) is 12.0 Å². The van der Waals surface area contributed by atoms with Crippen LogP contribution in [0, 0.1) is 0 Å². The van der Waals surface area contributed by atoms with Gasteiger partial charge in [0.1, 0.15) is 5.75 Å². The molecular formula is C19H23N3O3. The second kappa shape index (κ2) is 7.09. The first-order chi connectivity index (χ1) is 11.9. The minimum Gasteiger partial charge on any atom is -0.491 e. The molecule has 1 aromatic heterocycles. The van der Waals surface area contributed by atoms with Gasteiger partial charge < -0.3 is 10.1 Å². The summed E-state index contributed by atoms with van der Waals surface area (Å²) < 4.78 is 6.95. The van der Waals surface area contributed by atoms with E-state index >= 15 is 0 Å². The summed E-state index contributed by atoms with van der Waals surface area (Å²) in [6, 6.07) is 8.78. The van der Waals surface area contributed by atoms with Crippen molar-refractivity contribution in [1.29, 1.82) is 0 Å². The van der Waals surface area contributed by atoms with Gasteiger partial charge in [0.25, 0.3) is 11.5 Å². The average Bonchev–Trinajstić information content (AvgIpc) is 2.56. The van der Waals surface area contributed by atoms with Gasteiger partial charge in [-0.1, -0.05) is 0 Å². The fraction of sp³-hybridized carbons (Fsp3) is 0.421. The SMILES string of the molecule is CC(C)Oc1ccc(C(=O)NC2CCc3nn(C)c(=O)cc3C2)cc1. The summed E-state index contributed by atoms with van der Waals surface area (Å²) in [5.41, 5.74) is 2.36. The standard InChI is InChI=1S/C19H23N3O3/c1-12(2)25-16-7-4-13(5-8-16)19(24)20-15-6-9-17-14(10-15)11-18(23)22(3)21-17/h4-5,7-8,11-12,15H,6,9-10H2,1-3H3,(H,20,24). The molecule has 25 heavy (non-hydrogen) atoms. The monoisotopic (exact) mass is 341 g/mol. The molecular weight excluding hydrogens is 318 g/mol. The Labute approximate surface area is 146 Å². The number of nitrogens with one attached hydrogen (secondary N) is 1. The molecule has 1 aromatic carbocycles. The first-order valence-electron chi connectivity index (χ1n) is 8.56. The van der Waals surface area contributed by atoms with Crippen LogP contribution in [0.25, 0.3) is 0 Å². The predicted octanol–water partition coefficient (Wildman–Crippen LogP) is 1.85. The maximum absolute atomic E-state index is 12.4. The highest BCUT2D eigenvalue weighted by Crippen LogP contribution is 2.19. The van der Waals surface area contributed by atoms with Crippen LogP contribution in [0.5, 0.6) is 5.75 Å². The number of hydrogen-bond donors (Lipinski definition) is 1. The van der Waals surface area contributed by atoms with E-state index in [2.05, 4.69) is 10.4 Å². The lowest BCUT2D eigenvalue weighted by atomic mass is 9.92. The van der Waals surface area contributed by atoms with E-state index in [4.69, 9.17) is 4.74 Å². The van der Waals surface area contributed by atoms with E-state index in [-0.39, 0.29) is 23.6 Å². The normalized spacial score (nSPS) is 16.4. The Morgan fingerprint density at radius 3 is 2.72 bits per heavy atom. The summed E-state index contributed by atoms with van der Waals surface area (Å²) in [5.74, 6) is 0.640. The largest absolute Gasteiger partial charge is 0.491 e. The zero-order valence-corrected chi connectivity index (χ0v) is 14.8. The molecule has 0 saturated carbocycles. The number of ether oxygens (including phenoxy) is 1. The van der Waals surface area contributed by atoms with Crippen molar-refractivity contribution in [2.75, 3.05) is 0 Å². The Morgan fingerprint density at radius 1 is 1.32 bits per heavy atom. The number of nitrogens with zero attached hydrogens (tertiary/aromatic N) is 2. The summed E-state index contributed by atoms with van der Waals surface area (Å²) in [7, 11) is 1.66. The van der Waals surface area contributed by atoms with E-state index in [1.807, 2.05) is 13.8 Å². The van der Waals surface area contributed by atoms with Gasteiger partial charge in [-0.15, -0.1) is 0 Å². The van der Waals surface area contributed by atoms with Gasteiger partial charge in [0.2, 0.25) is 0 Å². The predicted molar refractivity (Wildman–Crippen MR) is 95.0 cm³/mol. The third kappa shape index (κ3) is 4.07. The van der Waals surface area contributed by atoms with Crippen molar-refractivity contribution >= 4 is 5.91 Å². The van der Waals surface area contributed by atoms with Crippen LogP contribution in [-0.4, -0.2) is 27.8 Å². The zero-order chi connectivity index (χ0) is 18.0. The van der Waals surface area contributed by atoms with Crippen molar-refractivity contribution in [2.24, 2.45) is 7.05 Å². The van der Waals surface area contributed by atoms with Gasteiger partial charge in [0, 0.05) is 24.7 Å². The smallest absolute Gasteiger partial charge is 0.266 e. The van der Waals surface area contributed by atoms with Crippen molar-refractivity contribution in [3.8, 4) is 5.75 Å². The summed E-state index contributed by atoms with van der Waals surface area (Å²) in [6.07, 6.45) is 2.32. The Hall–Kier alpha value is -2.63. The van der Waals surface area contributed by atoms with Gasteiger partial charge in [-0.2, -0.15) is 5.10 Å². The molecule has 1 aliphatic carbocycles. The highest BCUT2D eigenvalue weighted by atomic mass is 16.5. The molecule has 0 spiro atoms. The van der Waals surface area contributed by atoms with Crippen LogP contribution in [0.2, 0.25) is 0 Å². The van der Waals surface area contributed by atoms with E-state index in [0.717, 1.165) is 29.8 Å². The van der Waals surface area contributed by atoms with Gasteiger partial charge in [-0.05, 0) is 62.9 Å². The lowest BCUT2D eigenvalue weighted by Crippen LogP contribution is -2.40. The number of aromatic nitrogens is 2. The Bertz CT molecular complexity index is 825. The van der Waals surface area contributed by atoms with Gasteiger partial charge in [0.15, 0.2) is 0 Å². The Balaban J connectivity index is 1.65. The highest BCUT2D eigenvalue weighted by Gasteiger charge is 2.22. The van der Waals surface area contributed by atoms with Gasteiger partial charge in [-0.3, -0.25) is 9.59 Å². The molecule has 1 amide bonds. The number of aryl methyl sites for hydroxylation is 2. The first kappa shape index (κ1) is 17.2. The van der Waals surface area contributed by atoms with Crippen molar-refractivity contribution < 1.29 is 9.53 Å². The second-order valence-electron chi connectivity index (χ2n) is 6.68. The van der Waals surface area contributed by atoms with Crippen LogP contribution < -0.4 is 15.6 Å². The average molecular weight is 341 g/mol. The molecule has 3 rings (SSSR count). The maximum atomic E-state index is 12.4. The summed E-state index contributed by atoms with van der Waals surface area (Å²) in [6.45, 7) is 3.92. The van der Waals surface area contributed by atoms with Crippen molar-refractivity contribution in [3.63, 3.8) is 0 Å². The fourth-order valence-corrected chi connectivity index (χ4v) is 3.04.